The van der Waals surface area contributed by atoms with Gasteiger partial charge in [0.15, 0.2) is 0 Å². The van der Waals surface area contributed by atoms with Gasteiger partial charge in [-0.25, -0.2) is 0 Å². The van der Waals surface area contributed by atoms with Gasteiger partial charge in [-0.3, -0.25) is 0 Å². The van der Waals surface area contributed by atoms with E-state index in [9.17, 15) is 0 Å². The minimum atomic E-state index is 0.295. The zero-order valence-corrected chi connectivity index (χ0v) is 43.1. The number of nitrogens with zero attached hydrogens (tertiary/aromatic N) is 2. The van der Waals surface area contributed by atoms with E-state index in [0.29, 0.717) is 73.3 Å². The molecule has 0 aromatic heterocycles. The van der Waals surface area contributed by atoms with Crippen molar-refractivity contribution < 1.29 is 0 Å². The summed E-state index contributed by atoms with van der Waals surface area (Å²) in [4.78, 5) is 6.08. The van der Waals surface area contributed by atoms with Crippen LogP contribution in [0.1, 0.15) is 128 Å². The molecule has 4 heterocycles. The predicted molar refractivity (Wildman–Crippen MR) is 274 cm³/mol. The molecule has 4 saturated carbocycles. The van der Waals surface area contributed by atoms with Crippen LogP contribution in [0.2, 0.25) is 0 Å². The molecule has 2 nitrogen and oxygen atoms in total. The Bertz CT molecular complexity index is 2330. The van der Waals surface area contributed by atoms with E-state index in [-0.39, 0.29) is 0 Å². The normalized spacial score (nSPS) is 21.0. The second kappa shape index (κ2) is 17.0. The van der Waals surface area contributed by atoms with E-state index >= 15 is 0 Å². The Labute approximate surface area is 397 Å². The molecular weight excluding hydrogens is 1010 g/mol. The van der Waals surface area contributed by atoms with E-state index in [1.54, 1.807) is 79.8 Å². The molecule has 4 fully saturated rings. The van der Waals surface area contributed by atoms with E-state index < -0.39 is 0 Å². The average Bonchev–Trinajstić information content (AvgIpc) is 3.32. The van der Waals surface area contributed by atoms with Crippen LogP contribution in [-0.4, -0.2) is 97.4 Å². The number of benzene rings is 5. The van der Waals surface area contributed by atoms with Crippen LogP contribution in [-0.2, 0) is 0 Å². The van der Waals surface area contributed by atoms with Crippen LogP contribution < -0.4 is 78.3 Å². The van der Waals surface area contributed by atoms with Crippen LogP contribution in [0.5, 0.6) is 0 Å². The molecule has 8 aliphatic rings. The summed E-state index contributed by atoms with van der Waals surface area (Å²) in [7, 11) is 0. The molecule has 0 N–H and O–H groups in total. The van der Waals surface area contributed by atoms with Crippen molar-refractivity contribution in [2.45, 2.75) is 153 Å². The topological polar surface area (TPSA) is 6.48 Å². The zero-order valence-electron chi connectivity index (χ0n) is 36.2. The van der Waals surface area contributed by atoms with E-state index in [4.69, 9.17) is 0 Å². The van der Waals surface area contributed by atoms with Gasteiger partial charge in [0.05, 0.1) is 0 Å². The van der Waals surface area contributed by atoms with Crippen LogP contribution in [0, 0.1) is 0 Å². The molecule has 0 amide bonds. The van der Waals surface area contributed by atoms with E-state index in [2.05, 4.69) is 94.7 Å². The van der Waals surface area contributed by atoms with Crippen LogP contribution in [0.4, 0.5) is 11.4 Å². The van der Waals surface area contributed by atoms with Crippen molar-refractivity contribution in [3.05, 3.63) is 84.9 Å². The Kier molecular flexibility index (Phi) is 11.0. The molecule has 0 spiro atoms. The third-order valence-corrected chi connectivity index (χ3v) is 25.9. The van der Waals surface area contributed by atoms with E-state index in [1.807, 2.05) is 0 Å². The van der Waals surface area contributed by atoms with Crippen molar-refractivity contribution in [1.29, 1.82) is 0 Å². The monoisotopic (exact) mass is 1080 g/mol. The van der Waals surface area contributed by atoms with Gasteiger partial charge in [0.25, 0.3) is 0 Å². The van der Waals surface area contributed by atoms with Gasteiger partial charge < -0.3 is 0 Å². The number of hydrogen-bond donors (Lipinski definition) is 0. The summed E-state index contributed by atoms with van der Waals surface area (Å²) in [5.41, 5.74) is 13.1. The van der Waals surface area contributed by atoms with Crippen molar-refractivity contribution >= 4 is 153 Å². The molecule has 4 aliphatic heterocycles. The second-order valence-corrected chi connectivity index (χ2v) is 29.1. The number of rotatable bonds is 6. The summed E-state index contributed by atoms with van der Waals surface area (Å²) >= 11 is 1.26. The summed E-state index contributed by atoms with van der Waals surface area (Å²) in [6.07, 6.45) is 28.1. The van der Waals surface area contributed by atoms with Gasteiger partial charge in [-0.2, -0.15) is 0 Å². The fraction of sp³-hybridized carbons (Fsp3) is 0.444. The Balaban J connectivity index is 0.955. The van der Waals surface area contributed by atoms with E-state index in [1.165, 1.54) is 128 Å². The molecule has 0 radical (unpaired) electrons. The first-order valence-corrected chi connectivity index (χ1v) is 31.6. The third kappa shape index (κ3) is 6.98. The maximum atomic E-state index is 3.04. The van der Waals surface area contributed by atoms with Crippen molar-refractivity contribution in [3.63, 3.8) is 0 Å². The molecule has 13 rings (SSSR count). The van der Waals surface area contributed by atoms with Gasteiger partial charge in [0.2, 0.25) is 0 Å². The summed E-state index contributed by atoms with van der Waals surface area (Å²) < 4.78 is 13.4. The van der Waals surface area contributed by atoms with Gasteiger partial charge in [-0.1, -0.05) is 0 Å². The Morgan fingerprint density at radius 3 is 1.00 bits per heavy atom. The summed E-state index contributed by atoms with van der Waals surface area (Å²) in [6, 6.07) is 39.0. The van der Waals surface area contributed by atoms with Gasteiger partial charge in [-0.15, -0.1) is 0 Å². The van der Waals surface area contributed by atoms with Crippen molar-refractivity contribution in [2.24, 2.45) is 0 Å². The maximum absolute atomic E-state index is 3.04. The molecule has 0 unspecified atom stereocenters. The standard InChI is InChI=1S/C54H58B2N2Se4/c1-5-17-35(18-6-1)57(36-19-7-2-8-20-36)39-29-49-53-51(31-39)61-47-34-48-44(33-43(47)55(53)41-25-13-15-27-45(41)59-49)56-42-26-14-16-28-46(42)60-50-30-40(32-52(62-48)54(50)56)58(37-21-9-3-10-22-37)38-23-11-4-12-24-38/h13-16,25-38H,1-12,17-24H2. The zero-order chi connectivity index (χ0) is 40.7. The van der Waals surface area contributed by atoms with Gasteiger partial charge in [-0.05, 0) is 0 Å². The third-order valence-electron chi connectivity index (χ3n) is 16.3. The van der Waals surface area contributed by atoms with Gasteiger partial charge in [0.1, 0.15) is 0 Å². The first kappa shape index (κ1) is 40.2. The Morgan fingerprint density at radius 1 is 0.323 bits per heavy atom. The van der Waals surface area contributed by atoms with Crippen molar-refractivity contribution in [3.8, 4) is 0 Å². The van der Waals surface area contributed by atoms with Crippen molar-refractivity contribution in [2.75, 3.05) is 9.80 Å². The molecule has 0 saturated heterocycles. The van der Waals surface area contributed by atoms with Crippen LogP contribution in [0.3, 0.4) is 0 Å². The fourth-order valence-electron chi connectivity index (χ4n) is 13.5. The van der Waals surface area contributed by atoms with E-state index in [0.717, 1.165) is 24.2 Å². The van der Waals surface area contributed by atoms with Crippen LogP contribution in [0.15, 0.2) is 84.9 Å². The van der Waals surface area contributed by atoms with Crippen LogP contribution in [0.25, 0.3) is 0 Å². The van der Waals surface area contributed by atoms with Gasteiger partial charge in [0, 0.05) is 0 Å². The predicted octanol–water partition coefficient (Wildman–Crippen LogP) is 1.54. The summed E-state index contributed by atoms with van der Waals surface area (Å²) in [6.45, 7) is 0.709. The van der Waals surface area contributed by atoms with Crippen LogP contribution >= 0.6 is 0 Å². The number of anilines is 2. The molecule has 5 aromatic rings. The Morgan fingerprint density at radius 2 is 0.645 bits per heavy atom. The summed E-state index contributed by atoms with van der Waals surface area (Å²) in [5.74, 6) is 0. The SMILES string of the molecule is c1ccc2c(c1)[Se]c1cc(N(C3CCCCC3)C3CCCCC3)cc3c1B2c1cc2c(cc1[Se]3)[Se]c1cc(N(C3CCCCC3)C3CCCCC3)cc3c1B2c1ccccc1[Se]3. The fourth-order valence-corrected chi connectivity index (χ4v) is 24.8. The number of hydrogen-bond acceptors (Lipinski definition) is 2. The molecule has 0 bridgehead atoms. The molecule has 4 aliphatic carbocycles. The first-order chi connectivity index (χ1) is 30.7. The number of fused-ring (bicyclic) bond motifs is 8. The second-order valence-electron chi connectivity index (χ2n) is 20.0. The molecule has 5 aromatic carbocycles. The van der Waals surface area contributed by atoms with Gasteiger partial charge >= 0.3 is 400 Å². The molecular formula is C54H58B2N2Se4. The molecule has 314 valence electrons. The molecule has 62 heavy (non-hydrogen) atoms. The molecule has 8 heteroatoms. The first-order valence-electron chi connectivity index (χ1n) is 24.7. The summed E-state index contributed by atoms with van der Waals surface area (Å²) in [5, 5.41) is 0. The average molecular weight is 1070 g/mol. The van der Waals surface area contributed by atoms with Crippen molar-refractivity contribution in [1.82, 2.24) is 0 Å². The molecule has 0 atom stereocenters. The minimum absolute atomic E-state index is 0.295. The quantitative estimate of drug-likeness (QED) is 0.234. The Hall–Kier alpha value is -2.09.